The molecular formula is C11H17FN2O3S. The molecule has 18 heavy (non-hydrogen) atoms. The van der Waals surface area contributed by atoms with Gasteiger partial charge in [0.1, 0.15) is 5.82 Å². The van der Waals surface area contributed by atoms with E-state index < -0.39 is 15.8 Å². The van der Waals surface area contributed by atoms with Crippen LogP contribution in [-0.4, -0.2) is 28.2 Å². The molecule has 1 rings (SSSR count). The summed E-state index contributed by atoms with van der Waals surface area (Å²) in [6, 6.07) is 2.22. The number of ether oxygens (including phenoxy) is 1. The third kappa shape index (κ3) is 3.41. The van der Waals surface area contributed by atoms with Gasteiger partial charge in [0.15, 0.2) is 0 Å². The number of rotatable bonds is 5. The number of hydrogen-bond acceptors (Lipinski definition) is 4. The minimum atomic E-state index is -3.71. The van der Waals surface area contributed by atoms with Crippen LogP contribution in [0.5, 0.6) is 0 Å². The van der Waals surface area contributed by atoms with E-state index in [1.807, 2.05) is 0 Å². The standard InChI is InChI=1S/C11H17FN2O3S/c1-7-4-9(12)10(13)5-11(7)18(15,16)14-6-8(2)17-3/h4-5,8,14H,6,13H2,1-3H3. The lowest BCUT2D eigenvalue weighted by Crippen LogP contribution is -2.32. The van der Waals surface area contributed by atoms with Crippen LogP contribution in [0.1, 0.15) is 12.5 Å². The summed E-state index contributed by atoms with van der Waals surface area (Å²) < 4.78 is 44.5. The van der Waals surface area contributed by atoms with E-state index in [1.165, 1.54) is 14.0 Å². The molecule has 0 aromatic heterocycles. The molecule has 0 radical (unpaired) electrons. The average Bonchev–Trinajstić information content (AvgIpc) is 2.30. The minimum Gasteiger partial charge on any atom is -0.396 e. The van der Waals surface area contributed by atoms with Gasteiger partial charge in [0.2, 0.25) is 10.0 Å². The molecule has 0 fully saturated rings. The van der Waals surface area contributed by atoms with Gasteiger partial charge in [-0.15, -0.1) is 0 Å². The number of methoxy groups -OCH3 is 1. The summed E-state index contributed by atoms with van der Waals surface area (Å²) in [4.78, 5) is -0.0234. The van der Waals surface area contributed by atoms with Crippen molar-refractivity contribution in [2.75, 3.05) is 19.4 Å². The zero-order valence-electron chi connectivity index (χ0n) is 10.5. The predicted octanol–water partition coefficient (Wildman–Crippen LogP) is 1.03. The number of hydrogen-bond donors (Lipinski definition) is 2. The normalized spacial score (nSPS) is 13.6. The molecular weight excluding hydrogens is 259 g/mol. The number of sulfonamides is 1. The highest BCUT2D eigenvalue weighted by atomic mass is 32.2. The maximum Gasteiger partial charge on any atom is 0.240 e. The van der Waals surface area contributed by atoms with E-state index in [0.29, 0.717) is 5.56 Å². The van der Waals surface area contributed by atoms with Gasteiger partial charge in [-0.3, -0.25) is 0 Å². The lowest BCUT2D eigenvalue weighted by Gasteiger charge is -2.13. The number of nitrogens with one attached hydrogen (secondary N) is 1. The van der Waals surface area contributed by atoms with Gasteiger partial charge in [-0.05, 0) is 31.5 Å². The molecule has 1 unspecified atom stereocenters. The molecule has 0 saturated carbocycles. The van der Waals surface area contributed by atoms with Crippen LogP contribution < -0.4 is 10.5 Å². The number of benzene rings is 1. The van der Waals surface area contributed by atoms with Crippen LogP contribution in [-0.2, 0) is 14.8 Å². The van der Waals surface area contributed by atoms with Crippen molar-refractivity contribution < 1.29 is 17.5 Å². The SMILES string of the molecule is COC(C)CNS(=O)(=O)c1cc(N)c(F)cc1C. The van der Waals surface area contributed by atoms with Crippen molar-refractivity contribution in [3.8, 4) is 0 Å². The fraction of sp³-hybridized carbons (Fsp3) is 0.455. The Morgan fingerprint density at radius 2 is 2.11 bits per heavy atom. The van der Waals surface area contributed by atoms with Gasteiger partial charge in [0, 0.05) is 13.7 Å². The molecule has 102 valence electrons. The van der Waals surface area contributed by atoms with E-state index in [4.69, 9.17) is 10.5 Å². The summed E-state index contributed by atoms with van der Waals surface area (Å²) in [5.74, 6) is -0.628. The molecule has 3 N–H and O–H groups in total. The molecule has 1 atom stereocenters. The maximum absolute atomic E-state index is 13.2. The second-order valence-corrected chi connectivity index (χ2v) is 5.77. The molecule has 1 aromatic carbocycles. The Kier molecular flexibility index (Phi) is 4.66. The van der Waals surface area contributed by atoms with Gasteiger partial charge in [0.05, 0.1) is 16.7 Å². The maximum atomic E-state index is 13.2. The van der Waals surface area contributed by atoms with Gasteiger partial charge in [0.25, 0.3) is 0 Å². The third-order valence-electron chi connectivity index (χ3n) is 2.55. The van der Waals surface area contributed by atoms with Gasteiger partial charge in [-0.25, -0.2) is 17.5 Å². The Labute approximate surface area is 106 Å². The Balaban J connectivity index is 3.02. The van der Waals surface area contributed by atoms with E-state index in [2.05, 4.69) is 4.72 Å². The fourth-order valence-corrected chi connectivity index (χ4v) is 2.72. The van der Waals surface area contributed by atoms with Gasteiger partial charge in [-0.1, -0.05) is 0 Å². The van der Waals surface area contributed by atoms with Gasteiger partial charge in [-0.2, -0.15) is 0 Å². The summed E-state index contributed by atoms with van der Waals surface area (Å²) in [5, 5.41) is 0. The summed E-state index contributed by atoms with van der Waals surface area (Å²) in [7, 11) is -2.23. The van der Waals surface area contributed by atoms with E-state index in [0.717, 1.165) is 12.1 Å². The van der Waals surface area contributed by atoms with Crippen LogP contribution in [0.25, 0.3) is 0 Å². The molecule has 7 heteroatoms. The summed E-state index contributed by atoms with van der Waals surface area (Å²) in [6.45, 7) is 3.38. The molecule has 0 aliphatic carbocycles. The predicted molar refractivity (Wildman–Crippen MR) is 67.2 cm³/mol. The molecule has 0 aliphatic heterocycles. The molecule has 1 aromatic rings. The van der Waals surface area contributed by atoms with E-state index in [1.54, 1.807) is 6.92 Å². The van der Waals surface area contributed by atoms with Crippen molar-refractivity contribution in [2.45, 2.75) is 24.8 Å². The van der Waals surface area contributed by atoms with Gasteiger partial charge < -0.3 is 10.5 Å². The lowest BCUT2D eigenvalue weighted by molar-refractivity contribution is 0.122. The van der Waals surface area contributed by atoms with Crippen LogP contribution in [0.4, 0.5) is 10.1 Å². The van der Waals surface area contributed by atoms with Crippen LogP contribution >= 0.6 is 0 Å². The number of anilines is 1. The second-order valence-electron chi connectivity index (χ2n) is 4.04. The van der Waals surface area contributed by atoms with Gasteiger partial charge >= 0.3 is 0 Å². The Hall–Kier alpha value is -1.18. The summed E-state index contributed by atoms with van der Waals surface area (Å²) in [6.07, 6.45) is -0.252. The first kappa shape index (κ1) is 14.9. The zero-order chi connectivity index (χ0) is 13.9. The van der Waals surface area contributed by atoms with Crippen LogP contribution in [0, 0.1) is 12.7 Å². The lowest BCUT2D eigenvalue weighted by atomic mass is 10.2. The Morgan fingerprint density at radius 1 is 1.50 bits per heavy atom. The quantitative estimate of drug-likeness (QED) is 0.787. The van der Waals surface area contributed by atoms with Crippen molar-refractivity contribution in [3.63, 3.8) is 0 Å². The molecule has 0 aliphatic rings. The molecule has 5 nitrogen and oxygen atoms in total. The summed E-state index contributed by atoms with van der Waals surface area (Å²) >= 11 is 0. The minimum absolute atomic E-state index is 0.0234. The first-order chi connectivity index (χ1) is 8.27. The van der Waals surface area contributed by atoms with Crippen molar-refractivity contribution in [2.24, 2.45) is 0 Å². The zero-order valence-corrected chi connectivity index (χ0v) is 11.3. The first-order valence-corrected chi connectivity index (χ1v) is 6.84. The fourth-order valence-electron chi connectivity index (χ4n) is 1.35. The number of nitrogen functional groups attached to an aromatic ring is 1. The van der Waals surface area contributed by atoms with Crippen molar-refractivity contribution >= 4 is 15.7 Å². The third-order valence-corrected chi connectivity index (χ3v) is 4.11. The van der Waals surface area contributed by atoms with E-state index in [9.17, 15) is 12.8 Å². The van der Waals surface area contributed by atoms with Crippen LogP contribution in [0.3, 0.4) is 0 Å². The second kappa shape index (κ2) is 5.64. The molecule has 0 amide bonds. The smallest absolute Gasteiger partial charge is 0.240 e. The molecule has 0 saturated heterocycles. The molecule has 0 heterocycles. The highest BCUT2D eigenvalue weighted by Gasteiger charge is 2.19. The van der Waals surface area contributed by atoms with Crippen molar-refractivity contribution in [1.29, 1.82) is 0 Å². The van der Waals surface area contributed by atoms with Crippen molar-refractivity contribution in [3.05, 3.63) is 23.5 Å². The van der Waals surface area contributed by atoms with E-state index >= 15 is 0 Å². The molecule has 0 spiro atoms. The van der Waals surface area contributed by atoms with Crippen LogP contribution in [0.15, 0.2) is 17.0 Å². The topological polar surface area (TPSA) is 81.4 Å². The first-order valence-electron chi connectivity index (χ1n) is 5.36. The summed E-state index contributed by atoms with van der Waals surface area (Å²) in [5.41, 5.74) is 5.49. The highest BCUT2D eigenvalue weighted by Crippen LogP contribution is 2.21. The molecule has 0 bridgehead atoms. The Morgan fingerprint density at radius 3 is 2.67 bits per heavy atom. The Bertz CT molecular complexity index is 531. The van der Waals surface area contributed by atoms with E-state index in [-0.39, 0.29) is 23.2 Å². The highest BCUT2D eigenvalue weighted by molar-refractivity contribution is 7.89. The number of halogens is 1. The monoisotopic (exact) mass is 276 g/mol. The largest absolute Gasteiger partial charge is 0.396 e. The van der Waals surface area contributed by atoms with Crippen molar-refractivity contribution in [1.82, 2.24) is 4.72 Å². The number of nitrogens with two attached hydrogens (primary N) is 1. The van der Waals surface area contributed by atoms with Crippen LogP contribution in [0.2, 0.25) is 0 Å². The average molecular weight is 276 g/mol. The number of aryl methyl sites for hydroxylation is 1.